The highest BCUT2D eigenvalue weighted by molar-refractivity contribution is 5.89. The Balaban J connectivity index is 1.16. The van der Waals surface area contributed by atoms with Crippen molar-refractivity contribution in [2.75, 3.05) is 13.2 Å². The van der Waals surface area contributed by atoms with Crippen molar-refractivity contribution in [2.24, 2.45) is 34.0 Å². The van der Waals surface area contributed by atoms with Crippen LogP contribution in [0.1, 0.15) is 87.0 Å². The zero-order chi connectivity index (χ0) is 40.6. The van der Waals surface area contributed by atoms with E-state index >= 15 is 0 Å². The molecule has 2 saturated heterocycles. The number of hydrogen-bond donors (Lipinski definition) is 8. The predicted octanol–water partition coefficient (Wildman–Crippen LogP) is 0.986. The number of rotatable bonds is 10. The van der Waals surface area contributed by atoms with Crippen molar-refractivity contribution >= 4 is 11.6 Å². The van der Waals surface area contributed by atoms with Gasteiger partial charge in [-0.15, -0.1) is 0 Å². The largest absolute Gasteiger partial charge is 0.394 e. The summed E-state index contributed by atoms with van der Waals surface area (Å²) in [4.78, 5) is 27.8. The van der Waals surface area contributed by atoms with Gasteiger partial charge in [0.05, 0.1) is 24.9 Å². The normalized spacial score (nSPS) is 44.2. The van der Waals surface area contributed by atoms with Gasteiger partial charge in [-0.25, -0.2) is 0 Å². The van der Waals surface area contributed by atoms with E-state index in [1.54, 1.807) is 0 Å². The van der Waals surface area contributed by atoms with Crippen LogP contribution in [-0.2, 0) is 28.5 Å². The second-order valence-corrected chi connectivity index (χ2v) is 18.6. The summed E-state index contributed by atoms with van der Waals surface area (Å²) >= 11 is 0. The van der Waals surface area contributed by atoms with Gasteiger partial charge in [0.25, 0.3) is 0 Å². The second-order valence-electron chi connectivity index (χ2n) is 18.6. The molecule has 0 aromatic carbocycles. The first-order chi connectivity index (χ1) is 25.6. The highest BCUT2D eigenvalue weighted by atomic mass is 16.7. The van der Waals surface area contributed by atoms with E-state index in [1.165, 1.54) is 25.0 Å². The van der Waals surface area contributed by atoms with E-state index in [0.29, 0.717) is 25.7 Å². The lowest BCUT2D eigenvalue weighted by Gasteiger charge is -2.50. The molecule has 0 spiro atoms. The zero-order valence-corrected chi connectivity index (χ0v) is 33.0. The molecule has 0 aromatic heterocycles. The van der Waals surface area contributed by atoms with Crippen molar-refractivity contribution in [2.45, 2.75) is 160 Å². The molecule has 4 aliphatic carbocycles. The molecule has 3 fully saturated rings. The molecule has 6 rings (SSSR count). The first-order valence-corrected chi connectivity index (χ1v) is 19.7. The maximum absolute atomic E-state index is 14.1. The van der Waals surface area contributed by atoms with Crippen LogP contribution in [0.5, 0.6) is 0 Å². The minimum atomic E-state index is -1.70. The molecule has 8 N–H and O–H groups in total. The van der Waals surface area contributed by atoms with Crippen molar-refractivity contribution in [3.8, 4) is 0 Å². The van der Waals surface area contributed by atoms with E-state index in [4.69, 9.17) is 18.9 Å². The maximum Gasteiger partial charge on any atom is 0.187 e. The molecule has 2 heterocycles. The van der Waals surface area contributed by atoms with Gasteiger partial charge in [0, 0.05) is 24.2 Å². The van der Waals surface area contributed by atoms with Crippen LogP contribution in [0.2, 0.25) is 0 Å². The molecule has 6 aliphatic rings. The standard InChI is InChI=1S/C41H62O14/c1-19(14-24(43)35(51)39(4,5)55-37-34(50)32(48)31(47)27(17-42)53-37)29-25(44)16-41(7)23-10-9-22-20(15-21(23)12-13-40(29,41)6)8-11-28(38(22,2)3)54-36-33(49)30(46)26(45)18-52-36/h8,10,12,19,22,26-37,42,45-51H,9,11,13-18H2,1-7H3/t19-,22-,26-,27-,28+,29+,30+,31-,32+,33-,34-,35+,36+,37+,40-,41+/m1/s1. The van der Waals surface area contributed by atoms with Gasteiger partial charge in [0.2, 0.25) is 0 Å². The van der Waals surface area contributed by atoms with E-state index in [9.17, 15) is 50.4 Å². The van der Waals surface area contributed by atoms with Crippen LogP contribution in [0.25, 0.3) is 0 Å². The Morgan fingerprint density at radius 1 is 0.945 bits per heavy atom. The monoisotopic (exact) mass is 778 g/mol. The van der Waals surface area contributed by atoms with Crippen LogP contribution < -0.4 is 0 Å². The summed E-state index contributed by atoms with van der Waals surface area (Å²) in [6, 6.07) is 0. The summed E-state index contributed by atoms with van der Waals surface area (Å²) in [5.41, 5.74) is 0.628. The molecular weight excluding hydrogens is 716 g/mol. The van der Waals surface area contributed by atoms with Crippen molar-refractivity contribution in [1.29, 1.82) is 0 Å². The van der Waals surface area contributed by atoms with E-state index < -0.39 is 102 Å². The first kappa shape index (κ1) is 42.7. The molecule has 55 heavy (non-hydrogen) atoms. The molecule has 2 aliphatic heterocycles. The van der Waals surface area contributed by atoms with Gasteiger partial charge in [-0.05, 0) is 73.3 Å². The Bertz CT molecular complexity index is 1570. The molecule has 14 heteroatoms. The van der Waals surface area contributed by atoms with E-state index in [2.05, 4.69) is 45.9 Å². The van der Waals surface area contributed by atoms with Crippen molar-refractivity contribution in [3.05, 3.63) is 34.9 Å². The lowest BCUT2D eigenvalue weighted by Crippen LogP contribution is -2.61. The summed E-state index contributed by atoms with van der Waals surface area (Å²) in [7, 11) is 0. The van der Waals surface area contributed by atoms with E-state index in [0.717, 1.165) is 12.0 Å². The quantitative estimate of drug-likeness (QED) is 0.145. The third kappa shape index (κ3) is 7.27. The van der Waals surface area contributed by atoms with E-state index in [1.807, 2.05) is 6.92 Å². The highest BCUT2D eigenvalue weighted by Gasteiger charge is 2.63. The number of allylic oxidation sites excluding steroid dienone is 5. The molecule has 0 amide bonds. The van der Waals surface area contributed by atoms with Crippen molar-refractivity contribution in [1.82, 2.24) is 0 Å². The fourth-order valence-corrected chi connectivity index (χ4v) is 10.7. The molecular formula is C41H62O14. The van der Waals surface area contributed by atoms with Gasteiger partial charge in [-0.3, -0.25) is 9.59 Å². The number of ether oxygens (including phenoxy) is 4. The zero-order valence-electron chi connectivity index (χ0n) is 33.0. The number of fused-ring (bicyclic) bond motifs is 4. The van der Waals surface area contributed by atoms with Gasteiger partial charge < -0.3 is 59.8 Å². The number of hydrogen-bond acceptors (Lipinski definition) is 14. The number of ketones is 2. The van der Waals surface area contributed by atoms with Gasteiger partial charge in [-0.2, -0.15) is 0 Å². The molecule has 0 aromatic rings. The fourth-order valence-electron chi connectivity index (χ4n) is 10.7. The number of Topliss-reactive ketones (excluding diaryl/α,β-unsaturated/α-hetero) is 2. The van der Waals surface area contributed by atoms with Gasteiger partial charge in [0.1, 0.15) is 54.6 Å². The average Bonchev–Trinajstić information content (AvgIpc) is 3.21. The summed E-state index contributed by atoms with van der Waals surface area (Å²) in [5.74, 6) is -1.29. The Hall–Kier alpha value is -1.92. The van der Waals surface area contributed by atoms with Gasteiger partial charge in [-0.1, -0.05) is 58.4 Å². The Morgan fingerprint density at radius 3 is 2.29 bits per heavy atom. The van der Waals surface area contributed by atoms with Gasteiger partial charge in [0.15, 0.2) is 18.4 Å². The minimum Gasteiger partial charge on any atom is -0.394 e. The maximum atomic E-state index is 14.1. The number of carbonyl (C=O) groups is 2. The molecule has 310 valence electrons. The summed E-state index contributed by atoms with van der Waals surface area (Å²) in [6.07, 6.45) is -5.13. The summed E-state index contributed by atoms with van der Waals surface area (Å²) in [6.45, 7) is 12.5. The SMILES string of the molecule is C[C@H](CC(=O)[C@H](O)C(C)(C)O[C@@H]1O[C@H](CO)[C@@H](O)[C@H](O)[C@H]1O)[C@H]1C(=O)C[C@@]2(C)C3=CC[C@@H]4C(=CC[C@H](O[C@@H]5OC[C@@H](O)[C@H](O)[C@H]5O)C4(C)C)CC3=CC[C@]12C. The third-order valence-corrected chi connectivity index (χ3v) is 14.3. The second kappa shape index (κ2) is 15.4. The van der Waals surface area contributed by atoms with Gasteiger partial charge >= 0.3 is 0 Å². The van der Waals surface area contributed by atoms with Crippen LogP contribution in [0.3, 0.4) is 0 Å². The van der Waals surface area contributed by atoms with Crippen LogP contribution in [-0.4, -0.2) is 139 Å². The number of carbonyl (C=O) groups excluding carboxylic acids is 2. The predicted molar refractivity (Wildman–Crippen MR) is 196 cm³/mol. The molecule has 0 bridgehead atoms. The molecule has 16 atom stereocenters. The van der Waals surface area contributed by atoms with E-state index in [-0.39, 0.29) is 36.2 Å². The highest BCUT2D eigenvalue weighted by Crippen LogP contribution is 2.67. The lowest BCUT2D eigenvalue weighted by atomic mass is 9.53. The first-order valence-electron chi connectivity index (χ1n) is 19.7. The van der Waals surface area contributed by atoms with Crippen LogP contribution in [0.4, 0.5) is 0 Å². The molecule has 14 nitrogen and oxygen atoms in total. The number of aliphatic hydroxyl groups excluding tert-OH is 8. The molecule has 0 unspecified atom stereocenters. The fraction of sp³-hybridized carbons (Fsp3) is 0.805. The van der Waals surface area contributed by atoms with Crippen molar-refractivity contribution < 1.29 is 69.4 Å². The Morgan fingerprint density at radius 2 is 1.62 bits per heavy atom. The van der Waals surface area contributed by atoms with Crippen molar-refractivity contribution in [3.63, 3.8) is 0 Å². The summed E-state index contributed by atoms with van der Waals surface area (Å²) < 4.78 is 23.1. The number of aliphatic hydroxyl groups is 8. The Labute approximate surface area is 322 Å². The smallest absolute Gasteiger partial charge is 0.187 e. The average molecular weight is 779 g/mol. The summed E-state index contributed by atoms with van der Waals surface area (Å²) in [5, 5.41) is 82.3. The lowest BCUT2D eigenvalue weighted by molar-refractivity contribution is -0.329. The van der Waals surface area contributed by atoms with Crippen LogP contribution in [0, 0.1) is 34.0 Å². The minimum absolute atomic E-state index is 0.0696. The Kier molecular flexibility index (Phi) is 11.9. The van der Waals surface area contributed by atoms with Crippen LogP contribution in [0.15, 0.2) is 34.9 Å². The third-order valence-electron chi connectivity index (χ3n) is 14.3. The van der Waals surface area contributed by atoms with Crippen LogP contribution >= 0.6 is 0 Å². The topological polar surface area (TPSA) is 233 Å². The molecule has 1 saturated carbocycles. The molecule has 0 radical (unpaired) electrons.